The van der Waals surface area contributed by atoms with Crippen molar-refractivity contribution in [3.8, 4) is 11.5 Å². The molecule has 0 aliphatic heterocycles. The molecule has 0 atom stereocenters. The summed E-state index contributed by atoms with van der Waals surface area (Å²) >= 11 is 5.89. The molecular weight excluding hydrogens is 328 g/mol. The van der Waals surface area contributed by atoms with Gasteiger partial charge in [0.25, 0.3) is 5.91 Å². The fourth-order valence-corrected chi connectivity index (χ4v) is 2.45. The SMILES string of the molecule is O=C(Nc1ccc2oc(-c3ccc(Cl)cc3)nc2c1)c1ccco1. The highest BCUT2D eigenvalue weighted by molar-refractivity contribution is 6.30. The lowest BCUT2D eigenvalue weighted by Crippen LogP contribution is -2.10. The second-order valence-electron chi connectivity index (χ2n) is 5.14. The van der Waals surface area contributed by atoms with Crippen LogP contribution in [0.2, 0.25) is 5.02 Å². The van der Waals surface area contributed by atoms with Crippen LogP contribution in [0.1, 0.15) is 10.6 Å². The first kappa shape index (κ1) is 14.5. The van der Waals surface area contributed by atoms with Crippen LogP contribution < -0.4 is 5.32 Å². The molecular formula is C18H11ClN2O3. The maximum atomic E-state index is 12.0. The molecule has 4 rings (SSSR count). The van der Waals surface area contributed by atoms with Gasteiger partial charge in [-0.3, -0.25) is 4.79 Å². The van der Waals surface area contributed by atoms with E-state index in [1.54, 1.807) is 42.5 Å². The van der Waals surface area contributed by atoms with Gasteiger partial charge >= 0.3 is 0 Å². The van der Waals surface area contributed by atoms with E-state index in [2.05, 4.69) is 10.3 Å². The molecule has 1 N–H and O–H groups in total. The Labute approximate surface area is 141 Å². The molecule has 24 heavy (non-hydrogen) atoms. The zero-order valence-electron chi connectivity index (χ0n) is 12.3. The second-order valence-corrected chi connectivity index (χ2v) is 5.58. The van der Waals surface area contributed by atoms with Crippen molar-refractivity contribution in [2.45, 2.75) is 0 Å². The molecule has 5 nitrogen and oxygen atoms in total. The highest BCUT2D eigenvalue weighted by Crippen LogP contribution is 2.27. The Morgan fingerprint density at radius 1 is 1.08 bits per heavy atom. The summed E-state index contributed by atoms with van der Waals surface area (Å²) < 4.78 is 10.8. The van der Waals surface area contributed by atoms with Gasteiger partial charge in [-0.1, -0.05) is 11.6 Å². The van der Waals surface area contributed by atoms with Crippen LogP contribution in [-0.4, -0.2) is 10.9 Å². The van der Waals surface area contributed by atoms with E-state index in [4.69, 9.17) is 20.4 Å². The molecule has 0 radical (unpaired) electrons. The smallest absolute Gasteiger partial charge is 0.291 e. The predicted octanol–water partition coefficient (Wildman–Crippen LogP) is 4.99. The van der Waals surface area contributed by atoms with Crippen LogP contribution in [0.25, 0.3) is 22.6 Å². The fourth-order valence-electron chi connectivity index (χ4n) is 2.32. The fraction of sp³-hybridized carbons (Fsp3) is 0. The first-order valence-corrected chi connectivity index (χ1v) is 7.58. The summed E-state index contributed by atoms with van der Waals surface area (Å²) in [7, 11) is 0. The molecule has 0 saturated carbocycles. The van der Waals surface area contributed by atoms with Crippen LogP contribution in [0.15, 0.2) is 69.7 Å². The largest absolute Gasteiger partial charge is 0.459 e. The number of anilines is 1. The quantitative estimate of drug-likeness (QED) is 0.571. The Hall–Kier alpha value is -3.05. The molecule has 118 valence electrons. The zero-order chi connectivity index (χ0) is 16.5. The van der Waals surface area contributed by atoms with Crippen LogP contribution in [0.4, 0.5) is 5.69 Å². The van der Waals surface area contributed by atoms with Gasteiger partial charge in [-0.05, 0) is 54.6 Å². The number of oxazole rings is 1. The number of nitrogens with one attached hydrogen (secondary N) is 1. The van der Waals surface area contributed by atoms with Crippen molar-refractivity contribution in [2.75, 3.05) is 5.32 Å². The van der Waals surface area contributed by atoms with Gasteiger partial charge in [0.2, 0.25) is 5.89 Å². The van der Waals surface area contributed by atoms with E-state index >= 15 is 0 Å². The Balaban J connectivity index is 1.63. The summed E-state index contributed by atoms with van der Waals surface area (Å²) in [4.78, 5) is 16.5. The molecule has 0 bridgehead atoms. The lowest BCUT2D eigenvalue weighted by atomic mass is 10.2. The topological polar surface area (TPSA) is 68.3 Å². The number of carbonyl (C=O) groups excluding carboxylic acids is 1. The van der Waals surface area contributed by atoms with Crippen LogP contribution in [0.3, 0.4) is 0 Å². The lowest BCUT2D eigenvalue weighted by Gasteiger charge is -2.01. The molecule has 2 aromatic carbocycles. The third-order valence-corrected chi connectivity index (χ3v) is 3.73. The number of halogens is 1. The van der Waals surface area contributed by atoms with Gasteiger partial charge < -0.3 is 14.2 Å². The molecule has 2 heterocycles. The van der Waals surface area contributed by atoms with Gasteiger partial charge in [0.05, 0.1) is 6.26 Å². The van der Waals surface area contributed by atoms with E-state index in [-0.39, 0.29) is 11.7 Å². The average molecular weight is 339 g/mol. The average Bonchev–Trinajstić information content (AvgIpc) is 3.24. The molecule has 0 fully saturated rings. The van der Waals surface area contributed by atoms with Crippen molar-refractivity contribution in [2.24, 2.45) is 0 Å². The van der Waals surface area contributed by atoms with Gasteiger partial charge in [-0.15, -0.1) is 0 Å². The number of carbonyl (C=O) groups is 1. The first-order chi connectivity index (χ1) is 11.7. The molecule has 2 aromatic heterocycles. The van der Waals surface area contributed by atoms with E-state index in [1.807, 2.05) is 12.1 Å². The molecule has 4 aromatic rings. The van der Waals surface area contributed by atoms with Gasteiger partial charge in [-0.2, -0.15) is 0 Å². The van der Waals surface area contributed by atoms with Crippen molar-refractivity contribution in [1.29, 1.82) is 0 Å². The number of benzene rings is 2. The normalized spacial score (nSPS) is 10.9. The molecule has 0 spiro atoms. The van der Waals surface area contributed by atoms with Crippen LogP contribution in [0.5, 0.6) is 0 Å². The monoisotopic (exact) mass is 338 g/mol. The minimum absolute atomic E-state index is 0.247. The number of rotatable bonds is 3. The molecule has 0 aliphatic carbocycles. The Bertz CT molecular complexity index is 1000. The number of hydrogen-bond donors (Lipinski definition) is 1. The summed E-state index contributed by atoms with van der Waals surface area (Å²) in [6.07, 6.45) is 1.45. The summed E-state index contributed by atoms with van der Waals surface area (Å²) in [6.45, 7) is 0. The summed E-state index contributed by atoms with van der Waals surface area (Å²) in [5, 5.41) is 3.41. The third kappa shape index (κ3) is 2.77. The predicted molar refractivity (Wildman–Crippen MR) is 91.1 cm³/mol. The molecule has 0 aliphatic rings. The Morgan fingerprint density at radius 2 is 1.92 bits per heavy atom. The minimum Gasteiger partial charge on any atom is -0.459 e. The van der Waals surface area contributed by atoms with Crippen molar-refractivity contribution in [1.82, 2.24) is 4.98 Å². The molecule has 1 amide bonds. The minimum atomic E-state index is -0.319. The van der Waals surface area contributed by atoms with Crippen LogP contribution >= 0.6 is 11.6 Å². The van der Waals surface area contributed by atoms with Crippen molar-refractivity contribution < 1.29 is 13.6 Å². The zero-order valence-corrected chi connectivity index (χ0v) is 13.1. The first-order valence-electron chi connectivity index (χ1n) is 7.20. The van der Waals surface area contributed by atoms with Crippen molar-refractivity contribution in [3.63, 3.8) is 0 Å². The summed E-state index contributed by atoms with van der Waals surface area (Å²) in [6, 6.07) is 15.8. The maximum absolute atomic E-state index is 12.0. The van der Waals surface area contributed by atoms with E-state index in [0.717, 1.165) is 5.56 Å². The number of nitrogens with zero attached hydrogens (tertiary/aromatic N) is 1. The van der Waals surface area contributed by atoms with Gasteiger partial charge in [-0.25, -0.2) is 4.98 Å². The highest BCUT2D eigenvalue weighted by Gasteiger charge is 2.12. The number of fused-ring (bicyclic) bond motifs is 1. The Morgan fingerprint density at radius 3 is 2.67 bits per heavy atom. The van der Waals surface area contributed by atoms with E-state index in [1.165, 1.54) is 6.26 Å². The summed E-state index contributed by atoms with van der Waals surface area (Å²) in [5.74, 6) is 0.425. The third-order valence-electron chi connectivity index (χ3n) is 3.48. The second kappa shape index (κ2) is 5.86. The molecule has 6 heteroatoms. The standard InChI is InChI=1S/C18H11ClN2O3/c19-12-5-3-11(4-6-12)18-21-14-10-13(7-8-15(14)24-18)20-17(22)16-2-1-9-23-16/h1-10H,(H,20,22). The number of amides is 1. The number of furan rings is 1. The highest BCUT2D eigenvalue weighted by atomic mass is 35.5. The van der Waals surface area contributed by atoms with Crippen LogP contribution in [-0.2, 0) is 0 Å². The summed E-state index contributed by atoms with van der Waals surface area (Å²) in [5.41, 5.74) is 2.73. The number of aromatic nitrogens is 1. The van der Waals surface area contributed by atoms with Crippen molar-refractivity contribution in [3.05, 3.63) is 71.6 Å². The van der Waals surface area contributed by atoms with E-state index in [0.29, 0.717) is 27.7 Å². The van der Waals surface area contributed by atoms with E-state index < -0.39 is 0 Å². The number of hydrogen-bond acceptors (Lipinski definition) is 4. The molecule has 0 unspecified atom stereocenters. The Kier molecular flexibility index (Phi) is 3.55. The van der Waals surface area contributed by atoms with Crippen molar-refractivity contribution >= 4 is 34.3 Å². The maximum Gasteiger partial charge on any atom is 0.291 e. The molecule has 0 saturated heterocycles. The van der Waals surface area contributed by atoms with E-state index in [9.17, 15) is 4.79 Å². The van der Waals surface area contributed by atoms with Gasteiger partial charge in [0, 0.05) is 16.3 Å². The van der Waals surface area contributed by atoms with Crippen LogP contribution in [0, 0.1) is 0 Å². The lowest BCUT2D eigenvalue weighted by molar-refractivity contribution is 0.0996. The van der Waals surface area contributed by atoms with Gasteiger partial charge in [0.15, 0.2) is 11.3 Å². The van der Waals surface area contributed by atoms with Gasteiger partial charge in [0.1, 0.15) is 5.52 Å².